The van der Waals surface area contributed by atoms with Gasteiger partial charge in [-0.25, -0.2) is 0 Å². The van der Waals surface area contributed by atoms with E-state index in [4.69, 9.17) is 4.52 Å². The molecule has 2 aromatic heterocycles. The van der Waals surface area contributed by atoms with Crippen molar-refractivity contribution in [3.05, 3.63) is 17.6 Å². The molecule has 0 radical (unpaired) electrons. The van der Waals surface area contributed by atoms with Gasteiger partial charge in [0.25, 0.3) is 5.89 Å². The van der Waals surface area contributed by atoms with Crippen LogP contribution in [0.5, 0.6) is 0 Å². The first-order chi connectivity index (χ1) is 9.40. The molecule has 4 rings (SSSR count). The number of aromatic amines is 1. The Balaban J connectivity index is 1.55. The van der Waals surface area contributed by atoms with Crippen molar-refractivity contribution < 1.29 is 4.52 Å². The third kappa shape index (κ3) is 2.16. The van der Waals surface area contributed by atoms with E-state index in [0.29, 0.717) is 17.7 Å². The fourth-order valence-electron chi connectivity index (χ4n) is 2.62. The molecule has 0 amide bonds. The summed E-state index contributed by atoms with van der Waals surface area (Å²) in [4.78, 5) is 4.43. The van der Waals surface area contributed by atoms with Crippen molar-refractivity contribution in [1.29, 1.82) is 0 Å². The Kier molecular flexibility index (Phi) is 2.61. The molecule has 19 heavy (non-hydrogen) atoms. The third-order valence-electron chi connectivity index (χ3n) is 3.94. The smallest absolute Gasteiger partial charge is 0.278 e. The molecule has 6 heteroatoms. The van der Waals surface area contributed by atoms with Crippen LogP contribution in [0.4, 0.5) is 0 Å². The lowest BCUT2D eigenvalue weighted by molar-refractivity contribution is 0.421. The minimum atomic E-state index is 0.512. The highest BCUT2D eigenvalue weighted by Gasteiger charge is 2.29. The third-order valence-corrected chi connectivity index (χ3v) is 3.94. The molecule has 0 aromatic carbocycles. The molecular formula is C13H17N5O. The van der Waals surface area contributed by atoms with Gasteiger partial charge in [0.2, 0.25) is 0 Å². The van der Waals surface area contributed by atoms with Gasteiger partial charge in [-0.1, -0.05) is 5.16 Å². The molecule has 1 saturated heterocycles. The monoisotopic (exact) mass is 259 g/mol. The van der Waals surface area contributed by atoms with E-state index in [0.717, 1.165) is 30.3 Å². The number of nitrogens with one attached hydrogen (secondary N) is 2. The minimum absolute atomic E-state index is 0.512. The lowest BCUT2D eigenvalue weighted by Gasteiger charge is -2.20. The molecule has 100 valence electrons. The number of H-pyrrole nitrogens is 1. The molecule has 1 aliphatic heterocycles. The van der Waals surface area contributed by atoms with E-state index in [1.807, 2.05) is 6.07 Å². The second kappa shape index (κ2) is 4.45. The summed E-state index contributed by atoms with van der Waals surface area (Å²) in [6, 6.07) is 2.04. The van der Waals surface area contributed by atoms with Gasteiger partial charge >= 0.3 is 0 Å². The SMILES string of the molecule is c1c(-c2nc(C3CC3)no2)n[nH]c1C1CCCNC1. The summed E-state index contributed by atoms with van der Waals surface area (Å²) >= 11 is 0. The fraction of sp³-hybridized carbons (Fsp3) is 0.615. The van der Waals surface area contributed by atoms with Crippen LogP contribution in [0.1, 0.15) is 49.0 Å². The zero-order valence-corrected chi connectivity index (χ0v) is 10.7. The van der Waals surface area contributed by atoms with Crippen LogP contribution < -0.4 is 5.32 Å². The summed E-state index contributed by atoms with van der Waals surface area (Å²) in [6.45, 7) is 2.13. The van der Waals surface area contributed by atoms with Gasteiger partial charge < -0.3 is 9.84 Å². The highest BCUT2D eigenvalue weighted by molar-refractivity contribution is 5.47. The summed E-state index contributed by atoms with van der Waals surface area (Å²) in [5.74, 6) is 2.39. The Bertz CT molecular complexity index is 565. The maximum absolute atomic E-state index is 5.29. The van der Waals surface area contributed by atoms with Crippen molar-refractivity contribution in [3.63, 3.8) is 0 Å². The summed E-state index contributed by atoms with van der Waals surface area (Å²) in [7, 11) is 0. The number of hydrogen-bond donors (Lipinski definition) is 2. The van der Waals surface area contributed by atoms with E-state index < -0.39 is 0 Å². The molecule has 2 N–H and O–H groups in total. The van der Waals surface area contributed by atoms with Gasteiger partial charge in [0.1, 0.15) is 0 Å². The van der Waals surface area contributed by atoms with Gasteiger partial charge in [0, 0.05) is 24.1 Å². The van der Waals surface area contributed by atoms with Crippen molar-refractivity contribution in [2.24, 2.45) is 0 Å². The van der Waals surface area contributed by atoms with Gasteiger partial charge in [0.05, 0.1) is 0 Å². The number of piperidine rings is 1. The Labute approximate surface area is 111 Å². The van der Waals surface area contributed by atoms with Crippen LogP contribution in [0.15, 0.2) is 10.6 Å². The predicted molar refractivity (Wildman–Crippen MR) is 68.7 cm³/mol. The van der Waals surface area contributed by atoms with Gasteiger partial charge in [-0.2, -0.15) is 10.1 Å². The predicted octanol–water partition coefficient (Wildman–Crippen LogP) is 1.80. The molecule has 2 aliphatic rings. The normalized spacial score (nSPS) is 23.7. The lowest BCUT2D eigenvalue weighted by atomic mass is 9.96. The van der Waals surface area contributed by atoms with E-state index in [9.17, 15) is 0 Å². The molecular weight excluding hydrogens is 242 g/mol. The molecule has 3 heterocycles. The second-order valence-electron chi connectivity index (χ2n) is 5.48. The van der Waals surface area contributed by atoms with E-state index in [1.165, 1.54) is 25.7 Å². The van der Waals surface area contributed by atoms with Crippen molar-refractivity contribution in [3.8, 4) is 11.6 Å². The maximum atomic E-state index is 5.29. The summed E-state index contributed by atoms with van der Waals surface area (Å²) in [5, 5.41) is 14.9. The first-order valence-electron chi connectivity index (χ1n) is 7.00. The Morgan fingerprint density at radius 3 is 2.95 bits per heavy atom. The Hall–Kier alpha value is -1.69. The van der Waals surface area contributed by atoms with Gasteiger partial charge in [0.15, 0.2) is 11.5 Å². The van der Waals surface area contributed by atoms with Crippen LogP contribution >= 0.6 is 0 Å². The molecule has 6 nitrogen and oxygen atoms in total. The average Bonchev–Trinajstić information content (AvgIpc) is 3.01. The summed E-state index contributed by atoms with van der Waals surface area (Å²) in [5.41, 5.74) is 1.92. The lowest BCUT2D eigenvalue weighted by Crippen LogP contribution is -2.28. The molecule has 1 unspecified atom stereocenters. The van der Waals surface area contributed by atoms with E-state index in [-0.39, 0.29) is 0 Å². The van der Waals surface area contributed by atoms with Crippen LogP contribution in [-0.2, 0) is 0 Å². The molecule has 1 atom stereocenters. The molecule has 0 bridgehead atoms. The van der Waals surface area contributed by atoms with E-state index >= 15 is 0 Å². The van der Waals surface area contributed by atoms with Crippen molar-refractivity contribution >= 4 is 0 Å². The zero-order valence-electron chi connectivity index (χ0n) is 10.7. The standard InChI is InChI=1S/C13H17N5O/c1-2-9(7-14-5-1)10-6-11(17-16-10)13-15-12(18-19-13)8-3-4-8/h6,8-9,14H,1-5,7H2,(H,16,17). The summed E-state index contributed by atoms with van der Waals surface area (Å²) < 4.78 is 5.29. The number of hydrogen-bond acceptors (Lipinski definition) is 5. The number of nitrogens with zero attached hydrogens (tertiary/aromatic N) is 3. The summed E-state index contributed by atoms with van der Waals surface area (Å²) in [6.07, 6.45) is 4.77. The van der Waals surface area contributed by atoms with Gasteiger partial charge in [-0.3, -0.25) is 5.10 Å². The molecule has 0 spiro atoms. The van der Waals surface area contributed by atoms with Gasteiger partial charge in [-0.05, 0) is 38.3 Å². The molecule has 1 aliphatic carbocycles. The van der Waals surface area contributed by atoms with Gasteiger partial charge in [-0.15, -0.1) is 0 Å². The van der Waals surface area contributed by atoms with Crippen molar-refractivity contribution in [1.82, 2.24) is 25.7 Å². The highest BCUT2D eigenvalue weighted by atomic mass is 16.5. The largest absolute Gasteiger partial charge is 0.332 e. The second-order valence-corrected chi connectivity index (χ2v) is 5.48. The minimum Gasteiger partial charge on any atom is -0.332 e. The highest BCUT2D eigenvalue weighted by Crippen LogP contribution is 2.38. The van der Waals surface area contributed by atoms with Crippen LogP contribution in [-0.4, -0.2) is 33.4 Å². The fourth-order valence-corrected chi connectivity index (χ4v) is 2.62. The van der Waals surface area contributed by atoms with E-state index in [2.05, 4.69) is 25.7 Å². The Morgan fingerprint density at radius 2 is 2.16 bits per heavy atom. The van der Waals surface area contributed by atoms with Crippen molar-refractivity contribution in [2.45, 2.75) is 37.5 Å². The first kappa shape index (κ1) is 11.2. The topological polar surface area (TPSA) is 79.6 Å². The zero-order chi connectivity index (χ0) is 12.7. The molecule has 2 fully saturated rings. The van der Waals surface area contributed by atoms with Crippen LogP contribution in [0.2, 0.25) is 0 Å². The number of rotatable bonds is 3. The molecule has 1 saturated carbocycles. The van der Waals surface area contributed by atoms with Crippen molar-refractivity contribution in [2.75, 3.05) is 13.1 Å². The van der Waals surface area contributed by atoms with Crippen LogP contribution in [0.3, 0.4) is 0 Å². The van der Waals surface area contributed by atoms with Crippen LogP contribution in [0.25, 0.3) is 11.6 Å². The Morgan fingerprint density at radius 1 is 1.21 bits per heavy atom. The maximum Gasteiger partial charge on any atom is 0.278 e. The quantitative estimate of drug-likeness (QED) is 0.878. The molecule has 2 aromatic rings. The van der Waals surface area contributed by atoms with Crippen LogP contribution in [0, 0.1) is 0 Å². The average molecular weight is 259 g/mol. The first-order valence-corrected chi connectivity index (χ1v) is 7.00. The number of aromatic nitrogens is 4. The van der Waals surface area contributed by atoms with E-state index in [1.54, 1.807) is 0 Å².